The summed E-state index contributed by atoms with van der Waals surface area (Å²) in [4.78, 5) is 0. The summed E-state index contributed by atoms with van der Waals surface area (Å²) >= 11 is 0. The Balaban J connectivity index is 2.39. The molecule has 0 saturated carbocycles. The van der Waals surface area contributed by atoms with Gasteiger partial charge in [0, 0.05) is 5.56 Å². The number of hydrogen-bond donors (Lipinski definition) is 1. The third kappa shape index (κ3) is 1.98. The van der Waals surface area contributed by atoms with Crippen LogP contribution in [0.4, 0.5) is 0 Å². The van der Waals surface area contributed by atoms with E-state index >= 15 is 0 Å². The van der Waals surface area contributed by atoms with E-state index < -0.39 is 11.9 Å². The number of benzene rings is 1. The molecule has 1 unspecified atom stereocenters. The summed E-state index contributed by atoms with van der Waals surface area (Å²) in [5, 5.41) is 9.97. The van der Waals surface area contributed by atoms with Crippen LogP contribution in [0.3, 0.4) is 0 Å². The molecule has 1 aliphatic heterocycles. The second-order valence-corrected chi connectivity index (χ2v) is 4.15. The maximum Gasteiger partial charge on any atom is 0.192 e. The molecule has 88 valence electrons. The fraction of sp³-hybridized carbons (Fsp3) is 0.538. The van der Waals surface area contributed by atoms with E-state index in [0.717, 1.165) is 11.1 Å². The fourth-order valence-electron chi connectivity index (χ4n) is 2.09. The quantitative estimate of drug-likeness (QED) is 0.853. The Labute approximate surface area is 96.0 Å². The molecule has 3 heteroatoms. The van der Waals surface area contributed by atoms with Gasteiger partial charge >= 0.3 is 0 Å². The summed E-state index contributed by atoms with van der Waals surface area (Å²) in [6, 6.07) is 7.76. The molecule has 1 aliphatic rings. The van der Waals surface area contributed by atoms with Gasteiger partial charge in [-0.15, -0.1) is 0 Å². The second kappa shape index (κ2) is 4.53. The lowest BCUT2D eigenvalue weighted by Crippen LogP contribution is -2.25. The van der Waals surface area contributed by atoms with Crippen molar-refractivity contribution in [1.29, 1.82) is 0 Å². The number of ether oxygens (including phenoxy) is 2. The Morgan fingerprint density at radius 1 is 1.31 bits per heavy atom. The monoisotopic (exact) mass is 222 g/mol. The van der Waals surface area contributed by atoms with Crippen LogP contribution in [0.25, 0.3) is 0 Å². The SMILES string of the molecule is CCC(O)c1ccccc1C1(C)OCCO1. The largest absolute Gasteiger partial charge is 0.388 e. The van der Waals surface area contributed by atoms with E-state index in [1.165, 1.54) is 0 Å². The highest BCUT2D eigenvalue weighted by molar-refractivity contribution is 5.32. The standard InChI is InChI=1S/C13H18O3/c1-3-12(14)10-6-4-5-7-11(10)13(2)15-8-9-16-13/h4-7,12,14H,3,8-9H2,1-2H3. The highest BCUT2D eigenvalue weighted by atomic mass is 16.7. The Morgan fingerprint density at radius 2 is 1.94 bits per heavy atom. The van der Waals surface area contributed by atoms with Crippen LogP contribution in [0, 0.1) is 0 Å². The maximum absolute atomic E-state index is 9.97. The van der Waals surface area contributed by atoms with Crippen molar-refractivity contribution in [3.05, 3.63) is 35.4 Å². The van der Waals surface area contributed by atoms with Crippen LogP contribution >= 0.6 is 0 Å². The zero-order valence-electron chi connectivity index (χ0n) is 9.77. The molecule has 0 aliphatic carbocycles. The first-order valence-corrected chi connectivity index (χ1v) is 5.73. The minimum atomic E-state index is -0.702. The summed E-state index contributed by atoms with van der Waals surface area (Å²) in [5.74, 6) is -0.702. The van der Waals surface area contributed by atoms with Crippen LogP contribution in [0.5, 0.6) is 0 Å². The fourth-order valence-corrected chi connectivity index (χ4v) is 2.09. The molecular formula is C13H18O3. The first-order chi connectivity index (χ1) is 7.67. The summed E-state index contributed by atoms with van der Waals surface area (Å²) in [7, 11) is 0. The third-order valence-corrected chi connectivity index (χ3v) is 3.03. The topological polar surface area (TPSA) is 38.7 Å². The molecule has 3 nitrogen and oxygen atoms in total. The van der Waals surface area contributed by atoms with Gasteiger partial charge in [0.25, 0.3) is 0 Å². The van der Waals surface area contributed by atoms with E-state index in [9.17, 15) is 5.11 Å². The van der Waals surface area contributed by atoms with E-state index in [-0.39, 0.29) is 0 Å². The zero-order chi connectivity index (χ0) is 11.6. The summed E-state index contributed by atoms with van der Waals surface area (Å²) < 4.78 is 11.3. The highest BCUT2D eigenvalue weighted by Crippen LogP contribution is 2.35. The van der Waals surface area contributed by atoms with Gasteiger partial charge in [0.15, 0.2) is 5.79 Å². The molecule has 0 spiro atoms. The Hall–Kier alpha value is -0.900. The Morgan fingerprint density at radius 3 is 2.56 bits per heavy atom. The zero-order valence-corrected chi connectivity index (χ0v) is 9.77. The van der Waals surface area contributed by atoms with E-state index in [1.807, 2.05) is 38.1 Å². The predicted octanol–water partition coefficient (Wildman–Crippen LogP) is 2.35. The van der Waals surface area contributed by atoms with Gasteiger partial charge in [-0.3, -0.25) is 0 Å². The van der Waals surface area contributed by atoms with Gasteiger partial charge in [-0.25, -0.2) is 0 Å². The van der Waals surface area contributed by atoms with Crippen LogP contribution in [0.2, 0.25) is 0 Å². The van der Waals surface area contributed by atoms with Gasteiger partial charge in [-0.05, 0) is 18.9 Å². The summed E-state index contributed by atoms with van der Waals surface area (Å²) in [6.45, 7) is 5.07. The predicted molar refractivity (Wildman–Crippen MR) is 60.9 cm³/mol. The summed E-state index contributed by atoms with van der Waals surface area (Å²) in [6.07, 6.45) is 0.230. The Kier molecular flexibility index (Phi) is 3.28. The second-order valence-electron chi connectivity index (χ2n) is 4.15. The van der Waals surface area contributed by atoms with Crippen LogP contribution in [-0.4, -0.2) is 18.3 Å². The molecular weight excluding hydrogens is 204 g/mol. The molecule has 0 amide bonds. The van der Waals surface area contributed by atoms with Crippen molar-refractivity contribution in [1.82, 2.24) is 0 Å². The van der Waals surface area contributed by atoms with E-state index in [1.54, 1.807) is 0 Å². The van der Waals surface area contributed by atoms with Crippen molar-refractivity contribution in [2.24, 2.45) is 0 Å². The average molecular weight is 222 g/mol. The molecule has 1 heterocycles. The van der Waals surface area contributed by atoms with Gasteiger partial charge < -0.3 is 14.6 Å². The van der Waals surface area contributed by atoms with Crippen molar-refractivity contribution in [2.75, 3.05) is 13.2 Å². The van der Waals surface area contributed by atoms with Gasteiger partial charge in [0.05, 0.1) is 19.3 Å². The molecule has 16 heavy (non-hydrogen) atoms. The molecule has 1 N–H and O–H groups in total. The molecule has 0 aromatic heterocycles. The van der Waals surface area contributed by atoms with Crippen LogP contribution in [0.15, 0.2) is 24.3 Å². The highest BCUT2D eigenvalue weighted by Gasteiger charge is 2.35. The minimum Gasteiger partial charge on any atom is -0.388 e. The van der Waals surface area contributed by atoms with E-state index in [0.29, 0.717) is 19.6 Å². The van der Waals surface area contributed by atoms with Gasteiger partial charge in [-0.2, -0.15) is 0 Å². The number of aliphatic hydroxyl groups excluding tert-OH is 1. The van der Waals surface area contributed by atoms with Crippen LogP contribution in [0.1, 0.15) is 37.5 Å². The molecule has 0 bridgehead atoms. The van der Waals surface area contributed by atoms with Crippen molar-refractivity contribution in [3.63, 3.8) is 0 Å². The lowest BCUT2D eigenvalue weighted by molar-refractivity contribution is -0.151. The molecule has 2 rings (SSSR count). The van der Waals surface area contributed by atoms with Crippen molar-refractivity contribution in [3.8, 4) is 0 Å². The smallest absolute Gasteiger partial charge is 0.192 e. The van der Waals surface area contributed by atoms with Crippen LogP contribution in [-0.2, 0) is 15.3 Å². The van der Waals surface area contributed by atoms with Crippen molar-refractivity contribution >= 4 is 0 Å². The molecule has 0 radical (unpaired) electrons. The molecule has 1 fully saturated rings. The first-order valence-electron chi connectivity index (χ1n) is 5.73. The number of hydrogen-bond acceptors (Lipinski definition) is 3. The number of rotatable bonds is 3. The van der Waals surface area contributed by atoms with Gasteiger partial charge in [0.2, 0.25) is 0 Å². The maximum atomic E-state index is 9.97. The lowest BCUT2D eigenvalue weighted by atomic mass is 9.95. The molecule has 1 aromatic rings. The van der Waals surface area contributed by atoms with Gasteiger partial charge in [-0.1, -0.05) is 31.2 Å². The summed E-state index contributed by atoms with van der Waals surface area (Å²) in [5.41, 5.74) is 1.83. The van der Waals surface area contributed by atoms with Crippen molar-refractivity contribution in [2.45, 2.75) is 32.2 Å². The van der Waals surface area contributed by atoms with E-state index in [2.05, 4.69) is 0 Å². The van der Waals surface area contributed by atoms with E-state index in [4.69, 9.17) is 9.47 Å². The van der Waals surface area contributed by atoms with Gasteiger partial charge in [0.1, 0.15) is 0 Å². The molecule has 1 atom stereocenters. The van der Waals surface area contributed by atoms with Crippen LogP contribution < -0.4 is 0 Å². The molecule has 1 aromatic carbocycles. The lowest BCUT2D eigenvalue weighted by Gasteiger charge is -2.26. The minimum absolute atomic E-state index is 0.458. The third-order valence-electron chi connectivity index (χ3n) is 3.03. The average Bonchev–Trinajstić information content (AvgIpc) is 2.76. The molecule has 1 saturated heterocycles. The Bertz CT molecular complexity index is 356. The normalized spacial score (nSPS) is 20.9. The first kappa shape index (κ1) is 11.6. The van der Waals surface area contributed by atoms with Crippen molar-refractivity contribution < 1.29 is 14.6 Å². The number of aliphatic hydroxyl groups is 1.